The van der Waals surface area contributed by atoms with Gasteiger partial charge in [0.05, 0.1) is 18.5 Å². The Morgan fingerprint density at radius 1 is 0.936 bits per heavy atom. The van der Waals surface area contributed by atoms with Crippen molar-refractivity contribution in [2.45, 2.75) is 45.2 Å². The Morgan fingerprint density at radius 2 is 1.70 bits per heavy atom. The second kappa shape index (κ2) is 13.3. The molecule has 244 valence electrons. The van der Waals surface area contributed by atoms with E-state index in [2.05, 4.69) is 42.6 Å². The average Bonchev–Trinajstić information content (AvgIpc) is 3.86. The quantitative estimate of drug-likeness (QED) is 0.212. The van der Waals surface area contributed by atoms with Crippen molar-refractivity contribution in [1.82, 2.24) is 39.5 Å². The number of tetrazole rings is 1. The van der Waals surface area contributed by atoms with Crippen molar-refractivity contribution < 1.29 is 14.2 Å². The number of ether oxygens (including phenoxy) is 3. The monoisotopic (exact) mass is 638 g/mol. The number of hydrogen-bond acceptors (Lipinski definition) is 11. The predicted octanol–water partition coefficient (Wildman–Crippen LogP) is 2.81. The molecule has 0 radical (unpaired) electrons. The summed E-state index contributed by atoms with van der Waals surface area (Å²) >= 11 is 0. The smallest absolute Gasteiger partial charge is 0.350 e. The van der Waals surface area contributed by atoms with Gasteiger partial charge in [-0.1, -0.05) is 36.8 Å². The number of hydrogen-bond donors (Lipinski definition) is 0. The number of aromatic nitrogens is 8. The van der Waals surface area contributed by atoms with Crippen molar-refractivity contribution >= 4 is 11.5 Å². The lowest BCUT2D eigenvalue weighted by Crippen LogP contribution is -2.46. The summed E-state index contributed by atoms with van der Waals surface area (Å²) in [5.74, 6) is 0.571. The second-order valence-corrected chi connectivity index (χ2v) is 11.8. The highest BCUT2D eigenvalue weighted by molar-refractivity contribution is 5.53. The third-order valence-corrected chi connectivity index (χ3v) is 8.53. The second-order valence-electron chi connectivity index (χ2n) is 11.8. The number of piperazine rings is 1. The Bertz CT molecular complexity index is 1800. The molecule has 2 saturated heterocycles. The van der Waals surface area contributed by atoms with Gasteiger partial charge in [-0.3, -0.25) is 0 Å². The van der Waals surface area contributed by atoms with E-state index in [4.69, 9.17) is 19.2 Å². The van der Waals surface area contributed by atoms with Crippen LogP contribution >= 0.6 is 0 Å². The van der Waals surface area contributed by atoms with Crippen molar-refractivity contribution in [2.24, 2.45) is 0 Å². The van der Waals surface area contributed by atoms with Crippen LogP contribution in [0.4, 0.5) is 11.5 Å². The molecule has 2 aliphatic rings. The fourth-order valence-corrected chi connectivity index (χ4v) is 5.98. The molecule has 5 aromatic rings. The largest absolute Gasteiger partial charge is 0.489 e. The van der Waals surface area contributed by atoms with Crippen LogP contribution in [0.1, 0.15) is 24.5 Å². The van der Waals surface area contributed by atoms with Gasteiger partial charge in [-0.25, -0.2) is 23.7 Å². The van der Waals surface area contributed by atoms with Crippen LogP contribution in [-0.2, 0) is 28.4 Å². The Kier molecular flexibility index (Phi) is 8.68. The predicted molar refractivity (Wildman–Crippen MR) is 174 cm³/mol. The minimum Gasteiger partial charge on any atom is -0.489 e. The average molecular weight is 639 g/mol. The lowest BCUT2D eigenvalue weighted by molar-refractivity contribution is -0.191. The molecule has 7 rings (SSSR count). The molecule has 2 fully saturated rings. The Hall–Kier alpha value is -5.08. The highest BCUT2D eigenvalue weighted by atomic mass is 16.8. The van der Waals surface area contributed by atoms with Gasteiger partial charge in [0, 0.05) is 44.0 Å². The standard InChI is InChI=1S/C33H38N10O4/c1-3-14-43-32(44)42(24-36-43)28-10-8-27(9-11-28)39-15-17-40(18-16-39)31-13-12-29(19-34-31)45-20-30-21-46-33(47-30,22-41-23-35-37-38-41)26-6-4-25(2)5-7-26/h4-13,19,23-24,30H,3,14-18,20-22H2,1-2H3/t30-,33-/m1/s1. The summed E-state index contributed by atoms with van der Waals surface area (Å²) < 4.78 is 23.5. The van der Waals surface area contributed by atoms with Crippen molar-refractivity contribution in [3.8, 4) is 11.4 Å². The van der Waals surface area contributed by atoms with Crippen LogP contribution in [0.3, 0.4) is 0 Å². The zero-order valence-electron chi connectivity index (χ0n) is 26.6. The molecule has 0 unspecified atom stereocenters. The highest BCUT2D eigenvalue weighted by Crippen LogP contribution is 2.36. The molecule has 0 amide bonds. The topological polar surface area (TPSA) is 130 Å². The SMILES string of the molecule is CCCn1ncn(-c2ccc(N3CCN(c4ccc(OC[C@@H]5CO[C@@](Cn6cnnn6)(c6ccc(C)cc6)O5)cn4)CC3)cc2)c1=O. The van der Waals surface area contributed by atoms with Crippen LogP contribution in [0.2, 0.25) is 0 Å². The lowest BCUT2D eigenvalue weighted by Gasteiger charge is -2.36. The fourth-order valence-electron chi connectivity index (χ4n) is 5.98. The first-order chi connectivity index (χ1) is 23.0. The molecule has 0 aliphatic carbocycles. The zero-order chi connectivity index (χ0) is 32.2. The minimum absolute atomic E-state index is 0.115. The first-order valence-electron chi connectivity index (χ1n) is 15.9. The molecule has 3 aromatic heterocycles. The molecule has 0 saturated carbocycles. The molecule has 47 heavy (non-hydrogen) atoms. The third-order valence-electron chi connectivity index (χ3n) is 8.53. The summed E-state index contributed by atoms with van der Waals surface area (Å²) in [6.07, 6.45) is 5.47. The van der Waals surface area contributed by atoms with E-state index in [9.17, 15) is 4.79 Å². The molecule has 5 heterocycles. The van der Waals surface area contributed by atoms with E-state index in [1.54, 1.807) is 28.1 Å². The molecule has 2 aromatic carbocycles. The van der Waals surface area contributed by atoms with Crippen LogP contribution in [0.5, 0.6) is 5.75 Å². The molecule has 0 N–H and O–H groups in total. The van der Waals surface area contributed by atoms with E-state index in [1.807, 2.05) is 62.4 Å². The fraction of sp³-hybridized carbons (Fsp3) is 0.394. The van der Waals surface area contributed by atoms with Crippen molar-refractivity contribution in [3.63, 3.8) is 0 Å². The van der Waals surface area contributed by atoms with E-state index in [-0.39, 0.29) is 11.8 Å². The molecule has 14 nitrogen and oxygen atoms in total. The maximum atomic E-state index is 12.6. The zero-order valence-corrected chi connectivity index (χ0v) is 26.6. The Morgan fingerprint density at radius 3 is 2.40 bits per heavy atom. The van der Waals surface area contributed by atoms with Crippen molar-refractivity contribution in [3.05, 3.63) is 101 Å². The van der Waals surface area contributed by atoms with Gasteiger partial charge in [0.15, 0.2) is 0 Å². The van der Waals surface area contributed by atoms with Gasteiger partial charge in [-0.2, -0.15) is 5.10 Å². The highest BCUT2D eigenvalue weighted by Gasteiger charge is 2.44. The number of anilines is 2. The number of rotatable bonds is 11. The van der Waals surface area contributed by atoms with Gasteiger partial charge < -0.3 is 24.0 Å². The van der Waals surface area contributed by atoms with E-state index in [0.29, 0.717) is 32.1 Å². The number of nitrogens with zero attached hydrogens (tertiary/aromatic N) is 10. The molecule has 2 atom stereocenters. The summed E-state index contributed by atoms with van der Waals surface area (Å²) in [5.41, 5.74) is 3.88. The van der Waals surface area contributed by atoms with Gasteiger partial charge in [0.1, 0.15) is 43.5 Å². The molecule has 14 heteroatoms. The number of pyridine rings is 1. The van der Waals surface area contributed by atoms with Gasteiger partial charge in [-0.05, 0) is 60.2 Å². The van der Waals surface area contributed by atoms with E-state index < -0.39 is 5.79 Å². The van der Waals surface area contributed by atoms with Crippen LogP contribution in [-0.4, -0.2) is 85.0 Å². The van der Waals surface area contributed by atoms with Crippen LogP contribution in [0.25, 0.3) is 5.69 Å². The van der Waals surface area contributed by atoms with Crippen LogP contribution in [0.15, 0.2) is 84.3 Å². The summed E-state index contributed by atoms with van der Waals surface area (Å²) in [6.45, 7) is 9.10. The van der Waals surface area contributed by atoms with E-state index in [1.165, 1.54) is 4.68 Å². The Labute approximate surface area is 272 Å². The van der Waals surface area contributed by atoms with Crippen molar-refractivity contribution in [1.29, 1.82) is 0 Å². The molecular weight excluding hydrogens is 600 g/mol. The van der Waals surface area contributed by atoms with Gasteiger partial charge in [0.25, 0.3) is 0 Å². The van der Waals surface area contributed by atoms with Gasteiger partial charge in [0.2, 0.25) is 5.79 Å². The first-order valence-corrected chi connectivity index (χ1v) is 15.9. The summed E-state index contributed by atoms with van der Waals surface area (Å²) in [4.78, 5) is 21.9. The van der Waals surface area contributed by atoms with E-state index in [0.717, 1.165) is 60.9 Å². The number of aryl methyl sites for hydroxylation is 2. The summed E-state index contributed by atoms with van der Waals surface area (Å²) in [7, 11) is 0. The number of benzene rings is 2. The minimum atomic E-state index is -1.01. The molecular formula is C33H38N10O4. The summed E-state index contributed by atoms with van der Waals surface area (Å²) in [6, 6.07) is 20.1. The maximum Gasteiger partial charge on any atom is 0.350 e. The maximum absolute atomic E-state index is 12.6. The van der Waals surface area contributed by atoms with Crippen LogP contribution < -0.4 is 20.2 Å². The molecule has 0 spiro atoms. The summed E-state index contributed by atoms with van der Waals surface area (Å²) in [5, 5.41) is 15.7. The van der Waals surface area contributed by atoms with Gasteiger partial charge >= 0.3 is 5.69 Å². The normalized spacial score (nSPS) is 19.7. The van der Waals surface area contributed by atoms with Crippen LogP contribution in [0, 0.1) is 6.92 Å². The molecule has 0 bridgehead atoms. The lowest BCUT2D eigenvalue weighted by atomic mass is 10.0. The van der Waals surface area contributed by atoms with Crippen molar-refractivity contribution in [2.75, 3.05) is 49.2 Å². The third kappa shape index (κ3) is 6.60. The van der Waals surface area contributed by atoms with E-state index >= 15 is 0 Å². The van der Waals surface area contributed by atoms with Gasteiger partial charge in [-0.15, -0.1) is 5.10 Å². The Balaban J connectivity index is 0.916. The molecule has 2 aliphatic heterocycles. The first kappa shape index (κ1) is 30.6.